The summed E-state index contributed by atoms with van der Waals surface area (Å²) in [6, 6.07) is 21.4. The van der Waals surface area contributed by atoms with Gasteiger partial charge in [-0.2, -0.15) is 0 Å². The molecule has 1 atom stereocenters. The zero-order chi connectivity index (χ0) is 14.8. The van der Waals surface area contributed by atoms with Crippen LogP contribution in [-0.4, -0.2) is 0 Å². The maximum Gasteiger partial charge on any atom is 0.0841 e. The minimum Gasteiger partial charge on any atom is -0.113 e. The van der Waals surface area contributed by atoms with Crippen molar-refractivity contribution in [2.75, 3.05) is 0 Å². The summed E-state index contributed by atoms with van der Waals surface area (Å²) in [5, 5.41) is 2.42. The van der Waals surface area contributed by atoms with Crippen molar-refractivity contribution in [3.05, 3.63) is 82.9 Å². The Balaban J connectivity index is 2.08. The first-order valence-corrected chi connectivity index (χ1v) is 7.85. The van der Waals surface area contributed by atoms with E-state index in [2.05, 4.69) is 74.5 Å². The molecule has 106 valence electrons. The molecule has 0 amide bonds. The zero-order valence-corrected chi connectivity index (χ0v) is 13.2. The van der Waals surface area contributed by atoms with Crippen LogP contribution in [0.15, 0.2) is 60.7 Å². The summed E-state index contributed by atoms with van der Waals surface area (Å²) in [6.07, 6.45) is 1.06. The monoisotopic (exact) mass is 294 g/mol. The minimum atomic E-state index is -0.110. The number of aryl methyl sites for hydroxylation is 2. The van der Waals surface area contributed by atoms with Crippen molar-refractivity contribution >= 4 is 22.4 Å². The van der Waals surface area contributed by atoms with Gasteiger partial charge in [0.25, 0.3) is 0 Å². The average Bonchev–Trinajstić information content (AvgIpc) is 2.55. The van der Waals surface area contributed by atoms with Crippen molar-refractivity contribution in [2.45, 2.75) is 25.6 Å². The highest BCUT2D eigenvalue weighted by atomic mass is 35.5. The van der Waals surface area contributed by atoms with Gasteiger partial charge in [0, 0.05) is 0 Å². The molecule has 0 bridgehead atoms. The number of halogens is 1. The minimum absolute atomic E-state index is 0.110. The SMILES string of the molecule is CCc1ccc(C(Cl)c2ccc(C)c3ccccc23)cc1. The fourth-order valence-electron chi connectivity index (χ4n) is 2.80. The van der Waals surface area contributed by atoms with Gasteiger partial charge in [0.05, 0.1) is 5.38 Å². The van der Waals surface area contributed by atoms with E-state index in [1.54, 1.807) is 0 Å². The molecule has 3 aromatic rings. The predicted molar refractivity (Wildman–Crippen MR) is 92.2 cm³/mol. The number of hydrogen-bond donors (Lipinski definition) is 0. The molecule has 0 heterocycles. The van der Waals surface area contributed by atoms with Gasteiger partial charge in [0.15, 0.2) is 0 Å². The topological polar surface area (TPSA) is 0 Å². The van der Waals surface area contributed by atoms with Crippen molar-refractivity contribution in [1.82, 2.24) is 0 Å². The first-order valence-electron chi connectivity index (χ1n) is 7.42. The van der Waals surface area contributed by atoms with Gasteiger partial charge in [0.2, 0.25) is 0 Å². The van der Waals surface area contributed by atoms with E-state index in [0.717, 1.165) is 12.0 Å². The predicted octanol–water partition coefficient (Wildman–Crippen LogP) is 6.04. The van der Waals surface area contributed by atoms with Crippen LogP contribution < -0.4 is 0 Å². The largest absolute Gasteiger partial charge is 0.113 e. The summed E-state index contributed by atoms with van der Waals surface area (Å²) < 4.78 is 0. The highest BCUT2D eigenvalue weighted by Gasteiger charge is 2.14. The van der Waals surface area contributed by atoms with Crippen LogP contribution in [-0.2, 0) is 6.42 Å². The Morgan fingerprint density at radius 1 is 0.857 bits per heavy atom. The summed E-state index contributed by atoms with van der Waals surface area (Å²) in [7, 11) is 0. The van der Waals surface area contributed by atoms with Gasteiger partial charge in [-0.15, -0.1) is 11.6 Å². The molecule has 3 aromatic carbocycles. The maximum atomic E-state index is 6.76. The second-order valence-corrected chi connectivity index (χ2v) is 5.91. The first-order chi connectivity index (χ1) is 10.2. The second-order valence-electron chi connectivity index (χ2n) is 5.47. The Labute approximate surface area is 131 Å². The van der Waals surface area contributed by atoms with E-state index in [9.17, 15) is 0 Å². The Morgan fingerprint density at radius 3 is 2.19 bits per heavy atom. The molecular formula is C20H19Cl. The average molecular weight is 295 g/mol. The molecule has 0 N–H and O–H groups in total. The Morgan fingerprint density at radius 2 is 1.52 bits per heavy atom. The van der Waals surface area contributed by atoms with E-state index >= 15 is 0 Å². The lowest BCUT2D eigenvalue weighted by atomic mass is 9.95. The van der Waals surface area contributed by atoms with Gasteiger partial charge < -0.3 is 0 Å². The van der Waals surface area contributed by atoms with Crippen molar-refractivity contribution < 1.29 is 0 Å². The van der Waals surface area contributed by atoms with Gasteiger partial charge in [-0.3, -0.25) is 0 Å². The third kappa shape index (κ3) is 2.69. The molecule has 1 unspecified atom stereocenters. The van der Waals surface area contributed by atoms with Gasteiger partial charge >= 0.3 is 0 Å². The Hall–Kier alpha value is -1.79. The van der Waals surface area contributed by atoms with Crippen LogP contribution in [0.1, 0.15) is 34.6 Å². The van der Waals surface area contributed by atoms with Crippen molar-refractivity contribution in [2.24, 2.45) is 0 Å². The number of alkyl halides is 1. The second kappa shape index (κ2) is 5.91. The molecule has 0 spiro atoms. The Bertz CT molecular complexity index is 756. The molecule has 0 aromatic heterocycles. The van der Waals surface area contributed by atoms with E-state index in [4.69, 9.17) is 11.6 Å². The van der Waals surface area contributed by atoms with Crippen LogP contribution >= 0.6 is 11.6 Å². The van der Waals surface area contributed by atoms with Gasteiger partial charge in [-0.25, -0.2) is 0 Å². The van der Waals surface area contributed by atoms with Gasteiger partial charge in [0.1, 0.15) is 0 Å². The van der Waals surface area contributed by atoms with E-state index in [1.807, 2.05) is 0 Å². The number of hydrogen-bond acceptors (Lipinski definition) is 0. The van der Waals surface area contributed by atoms with E-state index in [0.29, 0.717) is 0 Å². The van der Waals surface area contributed by atoms with Crippen LogP contribution in [0.4, 0.5) is 0 Å². The van der Waals surface area contributed by atoms with Crippen molar-refractivity contribution in [1.29, 1.82) is 0 Å². The Kier molecular flexibility index (Phi) is 3.98. The summed E-state index contributed by atoms with van der Waals surface area (Å²) in [6.45, 7) is 4.31. The summed E-state index contributed by atoms with van der Waals surface area (Å²) in [5.74, 6) is 0. The molecule has 0 aliphatic rings. The molecule has 21 heavy (non-hydrogen) atoms. The smallest absolute Gasteiger partial charge is 0.0841 e. The summed E-state index contributed by atoms with van der Waals surface area (Å²) >= 11 is 6.76. The molecule has 0 fully saturated rings. The van der Waals surface area contributed by atoms with Crippen LogP contribution in [0.3, 0.4) is 0 Å². The van der Waals surface area contributed by atoms with Gasteiger partial charge in [-0.1, -0.05) is 67.6 Å². The van der Waals surface area contributed by atoms with Crippen molar-refractivity contribution in [3.8, 4) is 0 Å². The highest BCUT2D eigenvalue weighted by Crippen LogP contribution is 2.35. The molecular weight excluding hydrogens is 276 g/mol. The summed E-state index contributed by atoms with van der Waals surface area (Å²) in [4.78, 5) is 0. The number of benzene rings is 3. The molecule has 0 aliphatic carbocycles. The third-order valence-electron chi connectivity index (χ3n) is 4.13. The fourth-order valence-corrected chi connectivity index (χ4v) is 3.13. The molecule has 0 radical (unpaired) electrons. The molecule has 3 rings (SSSR count). The molecule has 0 aliphatic heterocycles. The van der Waals surface area contributed by atoms with Crippen LogP contribution in [0.25, 0.3) is 10.8 Å². The molecule has 0 saturated carbocycles. The van der Waals surface area contributed by atoms with E-state index < -0.39 is 0 Å². The highest BCUT2D eigenvalue weighted by molar-refractivity contribution is 6.23. The maximum absolute atomic E-state index is 6.76. The van der Waals surface area contributed by atoms with Crippen LogP contribution in [0, 0.1) is 6.92 Å². The zero-order valence-electron chi connectivity index (χ0n) is 12.4. The molecule has 0 saturated heterocycles. The summed E-state index contributed by atoms with van der Waals surface area (Å²) in [5.41, 5.74) is 4.97. The van der Waals surface area contributed by atoms with Crippen LogP contribution in [0.5, 0.6) is 0 Å². The lowest BCUT2D eigenvalue weighted by Gasteiger charge is -2.15. The molecule has 0 nitrogen and oxygen atoms in total. The van der Waals surface area contributed by atoms with E-state index in [-0.39, 0.29) is 5.38 Å². The van der Waals surface area contributed by atoms with Crippen molar-refractivity contribution in [3.63, 3.8) is 0 Å². The fraction of sp³-hybridized carbons (Fsp3) is 0.200. The normalized spacial score (nSPS) is 12.5. The van der Waals surface area contributed by atoms with Gasteiger partial charge in [-0.05, 0) is 46.4 Å². The third-order valence-corrected chi connectivity index (χ3v) is 4.62. The first kappa shape index (κ1) is 14.2. The lowest BCUT2D eigenvalue weighted by Crippen LogP contribution is -1.96. The standard InChI is InChI=1S/C20H19Cl/c1-3-15-9-11-16(12-10-15)20(21)19-13-8-14(2)17-6-4-5-7-18(17)19/h4-13,20H,3H2,1-2H3. The quantitative estimate of drug-likeness (QED) is 0.517. The number of fused-ring (bicyclic) bond motifs is 1. The number of rotatable bonds is 3. The van der Waals surface area contributed by atoms with E-state index in [1.165, 1.54) is 27.5 Å². The van der Waals surface area contributed by atoms with Crippen LogP contribution in [0.2, 0.25) is 0 Å². The molecule has 1 heteroatoms. The lowest BCUT2D eigenvalue weighted by molar-refractivity contribution is 1.11.